The number of fused-ring (bicyclic) bond motifs is 2. The molecule has 1 fully saturated rings. The van der Waals surface area contributed by atoms with Crippen molar-refractivity contribution in [3.05, 3.63) is 47.8 Å². The van der Waals surface area contributed by atoms with Crippen molar-refractivity contribution < 1.29 is 18.7 Å². The molecule has 1 saturated carbocycles. The molecule has 2 aromatic rings. The molecule has 1 aromatic heterocycles. The molecule has 7 nitrogen and oxygen atoms in total. The van der Waals surface area contributed by atoms with Crippen LogP contribution < -0.4 is 10.1 Å². The van der Waals surface area contributed by atoms with Gasteiger partial charge < -0.3 is 9.64 Å². The van der Waals surface area contributed by atoms with E-state index in [2.05, 4.69) is 15.3 Å². The molecule has 0 bridgehead atoms. The molecule has 4 rings (SSSR count). The molecule has 1 aliphatic heterocycles. The average Bonchev–Trinajstić information content (AvgIpc) is 3.41. The third kappa shape index (κ3) is 2.98. The normalized spacial score (nSPS) is 17.0. The summed E-state index contributed by atoms with van der Waals surface area (Å²) in [5, 5.41) is 2.59. The third-order valence-electron chi connectivity index (χ3n) is 4.80. The lowest BCUT2D eigenvalue weighted by molar-refractivity contribution is -0.117. The Labute approximate surface area is 149 Å². The maximum Gasteiger partial charge on any atom is 0.254 e. The van der Waals surface area contributed by atoms with Crippen LogP contribution in [0.3, 0.4) is 0 Å². The van der Waals surface area contributed by atoms with Gasteiger partial charge in [-0.1, -0.05) is 0 Å². The van der Waals surface area contributed by atoms with Gasteiger partial charge in [0.1, 0.15) is 12.3 Å². The summed E-state index contributed by atoms with van der Waals surface area (Å²) in [5.74, 6) is 0.0592. The van der Waals surface area contributed by atoms with Gasteiger partial charge in [-0.15, -0.1) is 0 Å². The SMILES string of the molecule is O=C(CN1CC2(CC2)c2cc(OCF)ccc2C1=O)Nc1ncccn1. The van der Waals surface area contributed by atoms with E-state index in [1.165, 1.54) is 12.4 Å². The van der Waals surface area contributed by atoms with E-state index in [9.17, 15) is 14.0 Å². The Morgan fingerprint density at radius 3 is 2.77 bits per heavy atom. The van der Waals surface area contributed by atoms with Gasteiger partial charge in [0.2, 0.25) is 18.7 Å². The van der Waals surface area contributed by atoms with E-state index >= 15 is 0 Å². The van der Waals surface area contributed by atoms with Crippen molar-refractivity contribution in [2.45, 2.75) is 18.3 Å². The van der Waals surface area contributed by atoms with Gasteiger partial charge in [-0.3, -0.25) is 14.9 Å². The van der Waals surface area contributed by atoms with Gasteiger partial charge in [-0.2, -0.15) is 0 Å². The van der Waals surface area contributed by atoms with E-state index in [0.29, 0.717) is 17.9 Å². The first kappa shape index (κ1) is 16.4. The third-order valence-corrected chi connectivity index (χ3v) is 4.80. The molecule has 0 saturated heterocycles. The first-order chi connectivity index (χ1) is 12.6. The Hall–Kier alpha value is -3.03. The molecule has 0 unspecified atom stereocenters. The minimum atomic E-state index is -0.909. The Morgan fingerprint density at radius 2 is 2.08 bits per heavy atom. The molecule has 26 heavy (non-hydrogen) atoms. The van der Waals surface area contributed by atoms with Crippen LogP contribution in [0.25, 0.3) is 0 Å². The first-order valence-electron chi connectivity index (χ1n) is 8.31. The maximum atomic E-state index is 12.8. The van der Waals surface area contributed by atoms with Crippen LogP contribution in [0.5, 0.6) is 5.75 Å². The lowest BCUT2D eigenvalue weighted by Gasteiger charge is -2.34. The summed E-state index contributed by atoms with van der Waals surface area (Å²) in [6.45, 7) is -0.518. The van der Waals surface area contributed by atoms with Crippen LogP contribution in [0.4, 0.5) is 10.3 Å². The van der Waals surface area contributed by atoms with Crippen LogP contribution in [0, 0.1) is 0 Å². The monoisotopic (exact) mass is 356 g/mol. The summed E-state index contributed by atoms with van der Waals surface area (Å²) in [5.41, 5.74) is 1.27. The molecule has 2 heterocycles. The number of rotatable bonds is 5. The van der Waals surface area contributed by atoms with Gasteiger partial charge in [0.25, 0.3) is 5.91 Å². The zero-order chi connectivity index (χ0) is 18.1. The summed E-state index contributed by atoms with van der Waals surface area (Å²) >= 11 is 0. The number of nitrogens with zero attached hydrogens (tertiary/aromatic N) is 3. The number of halogens is 1. The Balaban J connectivity index is 1.53. The molecule has 134 valence electrons. The Kier molecular flexibility index (Phi) is 4.02. The summed E-state index contributed by atoms with van der Waals surface area (Å²) < 4.78 is 17.3. The van der Waals surface area contributed by atoms with Crippen molar-refractivity contribution in [3.8, 4) is 5.75 Å². The zero-order valence-corrected chi connectivity index (χ0v) is 13.9. The predicted octanol–water partition coefficient (Wildman–Crippen LogP) is 1.91. The van der Waals surface area contributed by atoms with E-state index in [1.54, 1.807) is 29.2 Å². The smallest absolute Gasteiger partial charge is 0.254 e. The lowest BCUT2D eigenvalue weighted by Crippen LogP contribution is -2.46. The highest BCUT2D eigenvalue weighted by molar-refractivity contribution is 6.01. The second-order valence-corrected chi connectivity index (χ2v) is 6.52. The van der Waals surface area contributed by atoms with Crippen molar-refractivity contribution in [2.75, 3.05) is 25.3 Å². The molecule has 1 aliphatic carbocycles. The van der Waals surface area contributed by atoms with Crippen LogP contribution in [0.15, 0.2) is 36.7 Å². The predicted molar refractivity (Wildman–Crippen MR) is 90.5 cm³/mol. The molecular weight excluding hydrogens is 339 g/mol. The fourth-order valence-electron chi connectivity index (χ4n) is 3.40. The highest BCUT2D eigenvalue weighted by Gasteiger charge is 2.51. The second kappa shape index (κ2) is 6.36. The lowest BCUT2D eigenvalue weighted by atomic mass is 9.86. The number of amides is 2. The second-order valence-electron chi connectivity index (χ2n) is 6.52. The van der Waals surface area contributed by atoms with Gasteiger partial charge in [0.15, 0.2) is 0 Å². The highest BCUT2D eigenvalue weighted by Crippen LogP contribution is 2.53. The highest BCUT2D eigenvalue weighted by atomic mass is 19.1. The standard InChI is InChI=1S/C18H17FN4O3/c19-11-26-12-2-3-13-14(8-12)18(4-5-18)10-23(16(13)25)9-15(24)22-17-20-6-1-7-21-17/h1-3,6-8H,4-5,9-11H2,(H,20,21,22,24). The van der Waals surface area contributed by atoms with E-state index < -0.39 is 6.86 Å². The molecule has 1 N–H and O–H groups in total. The number of hydrogen-bond acceptors (Lipinski definition) is 5. The zero-order valence-electron chi connectivity index (χ0n) is 13.9. The van der Waals surface area contributed by atoms with Gasteiger partial charge in [0.05, 0.1) is 0 Å². The van der Waals surface area contributed by atoms with Gasteiger partial charge in [-0.25, -0.2) is 14.4 Å². The van der Waals surface area contributed by atoms with E-state index in [-0.39, 0.29) is 29.7 Å². The molecule has 8 heteroatoms. The summed E-state index contributed by atoms with van der Waals surface area (Å²) in [6.07, 6.45) is 4.90. The van der Waals surface area contributed by atoms with Crippen molar-refractivity contribution in [3.63, 3.8) is 0 Å². The Bertz CT molecular complexity index is 855. The number of hydrogen-bond donors (Lipinski definition) is 1. The first-order valence-corrected chi connectivity index (χ1v) is 8.31. The quantitative estimate of drug-likeness (QED) is 0.885. The summed E-state index contributed by atoms with van der Waals surface area (Å²) in [7, 11) is 0. The summed E-state index contributed by atoms with van der Waals surface area (Å²) in [4.78, 5) is 34.5. The van der Waals surface area contributed by atoms with Crippen LogP contribution in [-0.4, -0.2) is 46.6 Å². The molecule has 2 aliphatic rings. The minimum absolute atomic E-state index is 0.0684. The summed E-state index contributed by atoms with van der Waals surface area (Å²) in [6, 6.07) is 6.62. The maximum absolute atomic E-state index is 12.8. The number of alkyl halides is 1. The van der Waals surface area contributed by atoms with Crippen LogP contribution in [0.1, 0.15) is 28.8 Å². The van der Waals surface area contributed by atoms with Crippen molar-refractivity contribution in [2.24, 2.45) is 0 Å². The van der Waals surface area contributed by atoms with E-state index in [1.807, 2.05) is 0 Å². The molecule has 1 spiro atoms. The number of carbonyl (C=O) groups excluding carboxylic acids is 2. The van der Waals surface area contributed by atoms with Gasteiger partial charge in [-0.05, 0) is 42.7 Å². The number of carbonyl (C=O) groups is 2. The molecule has 2 amide bonds. The van der Waals surface area contributed by atoms with E-state index in [0.717, 1.165) is 18.4 Å². The fourth-order valence-corrected chi connectivity index (χ4v) is 3.40. The fraction of sp³-hybridized carbons (Fsp3) is 0.333. The van der Waals surface area contributed by atoms with Crippen molar-refractivity contribution >= 4 is 17.8 Å². The van der Waals surface area contributed by atoms with Crippen molar-refractivity contribution in [1.82, 2.24) is 14.9 Å². The number of anilines is 1. The van der Waals surface area contributed by atoms with Gasteiger partial charge in [0, 0.05) is 29.9 Å². The molecule has 0 radical (unpaired) electrons. The average molecular weight is 356 g/mol. The number of ether oxygens (including phenoxy) is 1. The molecule has 0 atom stereocenters. The topological polar surface area (TPSA) is 84.4 Å². The minimum Gasteiger partial charge on any atom is -0.463 e. The largest absolute Gasteiger partial charge is 0.463 e. The molecular formula is C18H17FN4O3. The van der Waals surface area contributed by atoms with Crippen LogP contribution in [0.2, 0.25) is 0 Å². The number of benzene rings is 1. The van der Waals surface area contributed by atoms with Crippen molar-refractivity contribution in [1.29, 1.82) is 0 Å². The van der Waals surface area contributed by atoms with Crippen LogP contribution >= 0.6 is 0 Å². The molecule has 1 aromatic carbocycles. The number of aromatic nitrogens is 2. The van der Waals surface area contributed by atoms with Crippen LogP contribution in [-0.2, 0) is 10.2 Å². The number of nitrogens with one attached hydrogen (secondary N) is 1. The van der Waals surface area contributed by atoms with Gasteiger partial charge >= 0.3 is 0 Å². The van der Waals surface area contributed by atoms with E-state index in [4.69, 9.17) is 4.74 Å². The Morgan fingerprint density at radius 1 is 1.31 bits per heavy atom.